The number of carbonyl (C=O) groups excluding carboxylic acids is 1. The Balaban J connectivity index is 1.81. The first-order valence-corrected chi connectivity index (χ1v) is 11.5. The van der Waals surface area contributed by atoms with Gasteiger partial charge in [-0.25, -0.2) is 14.6 Å². The Morgan fingerprint density at radius 3 is 2.50 bits per heavy atom. The van der Waals surface area contributed by atoms with Crippen molar-refractivity contribution in [3.05, 3.63) is 95.6 Å². The average molecular weight is 498 g/mol. The van der Waals surface area contributed by atoms with Crippen LogP contribution in [0.2, 0.25) is 5.02 Å². The summed E-state index contributed by atoms with van der Waals surface area (Å²) in [6, 6.07) is 12.4. The van der Waals surface area contributed by atoms with Crippen molar-refractivity contribution in [2.45, 2.75) is 19.9 Å². The van der Waals surface area contributed by atoms with Gasteiger partial charge in [-0.2, -0.15) is 0 Å². The van der Waals surface area contributed by atoms with E-state index in [0.29, 0.717) is 36.9 Å². The number of anilines is 1. The molecule has 10 heteroatoms. The van der Waals surface area contributed by atoms with E-state index in [4.69, 9.17) is 21.4 Å². The summed E-state index contributed by atoms with van der Waals surface area (Å²) in [4.78, 5) is 42.3. The van der Waals surface area contributed by atoms with Crippen LogP contribution in [0, 0.1) is 0 Å². The number of carboxylic acid groups (broad SMARTS) is 1. The van der Waals surface area contributed by atoms with Crippen molar-refractivity contribution in [2.24, 2.45) is 4.99 Å². The number of ether oxygens (including phenoxy) is 1. The second-order valence-electron chi connectivity index (χ2n) is 7.38. The number of hydrogen-bond acceptors (Lipinski definition) is 7. The molecule has 34 heavy (non-hydrogen) atoms. The van der Waals surface area contributed by atoms with Crippen LogP contribution >= 0.6 is 22.9 Å². The van der Waals surface area contributed by atoms with Crippen LogP contribution in [0.3, 0.4) is 0 Å². The van der Waals surface area contributed by atoms with Crippen LogP contribution in [-0.4, -0.2) is 28.2 Å². The van der Waals surface area contributed by atoms with E-state index in [1.54, 1.807) is 56.4 Å². The maximum Gasteiger partial charge on any atom is 0.338 e. The van der Waals surface area contributed by atoms with Gasteiger partial charge in [0.15, 0.2) is 4.80 Å². The number of aromatic carboxylic acids is 1. The number of carbonyl (C=O) groups is 2. The molecule has 174 valence electrons. The molecule has 2 heterocycles. The molecule has 3 aromatic rings. The molecule has 8 nitrogen and oxygen atoms in total. The molecule has 0 radical (unpaired) electrons. The van der Waals surface area contributed by atoms with E-state index in [1.807, 2.05) is 0 Å². The Morgan fingerprint density at radius 2 is 1.88 bits per heavy atom. The minimum absolute atomic E-state index is 0.162. The third-order valence-electron chi connectivity index (χ3n) is 5.20. The number of carboxylic acids is 1. The maximum atomic E-state index is 13.4. The molecule has 0 fully saturated rings. The lowest BCUT2D eigenvalue weighted by molar-refractivity contribution is -0.139. The van der Waals surface area contributed by atoms with E-state index in [9.17, 15) is 14.4 Å². The van der Waals surface area contributed by atoms with Gasteiger partial charge in [0.2, 0.25) is 0 Å². The number of aromatic nitrogens is 1. The summed E-state index contributed by atoms with van der Waals surface area (Å²) in [7, 11) is 0. The van der Waals surface area contributed by atoms with E-state index >= 15 is 0 Å². The quantitative estimate of drug-likeness (QED) is 0.506. The zero-order chi connectivity index (χ0) is 24.4. The van der Waals surface area contributed by atoms with Gasteiger partial charge in [0.05, 0.1) is 29.5 Å². The lowest BCUT2D eigenvalue weighted by Gasteiger charge is -2.24. The lowest BCUT2D eigenvalue weighted by Crippen LogP contribution is -2.40. The van der Waals surface area contributed by atoms with Gasteiger partial charge in [-0.15, -0.1) is 0 Å². The van der Waals surface area contributed by atoms with Crippen molar-refractivity contribution in [3.8, 4) is 0 Å². The van der Waals surface area contributed by atoms with E-state index < -0.39 is 18.0 Å². The number of nitrogens with one attached hydrogen (secondary N) is 1. The summed E-state index contributed by atoms with van der Waals surface area (Å²) in [5, 5.41) is 12.6. The Morgan fingerprint density at radius 1 is 1.21 bits per heavy atom. The van der Waals surface area contributed by atoms with Gasteiger partial charge in [0.1, 0.15) is 4.53 Å². The Kier molecular flexibility index (Phi) is 6.67. The zero-order valence-corrected chi connectivity index (χ0v) is 19.8. The molecule has 1 aliphatic rings. The fourth-order valence-corrected chi connectivity index (χ4v) is 4.71. The van der Waals surface area contributed by atoms with Crippen molar-refractivity contribution in [2.75, 3.05) is 11.9 Å². The Labute approximate surface area is 203 Å². The highest BCUT2D eigenvalue weighted by Gasteiger charge is 2.33. The van der Waals surface area contributed by atoms with Crippen molar-refractivity contribution < 1.29 is 19.4 Å². The molecule has 1 aliphatic heterocycles. The van der Waals surface area contributed by atoms with Crippen LogP contribution in [0.1, 0.15) is 35.8 Å². The molecule has 1 atom stereocenters. The molecule has 1 unspecified atom stereocenters. The number of rotatable bonds is 6. The van der Waals surface area contributed by atoms with Gasteiger partial charge in [-0.1, -0.05) is 35.1 Å². The molecule has 4 rings (SSSR count). The first kappa shape index (κ1) is 23.5. The van der Waals surface area contributed by atoms with E-state index in [-0.39, 0.29) is 17.7 Å². The number of nitrogens with zero attached hydrogens (tertiary/aromatic N) is 2. The first-order chi connectivity index (χ1) is 16.3. The number of halogens is 1. The van der Waals surface area contributed by atoms with Gasteiger partial charge in [-0.3, -0.25) is 9.36 Å². The fraction of sp³-hybridized carbons (Fsp3) is 0.167. The Bertz CT molecular complexity index is 1470. The number of esters is 1. The minimum atomic E-state index is -1.02. The zero-order valence-electron chi connectivity index (χ0n) is 18.2. The van der Waals surface area contributed by atoms with Crippen LogP contribution in [0.4, 0.5) is 5.69 Å². The third-order valence-corrected chi connectivity index (χ3v) is 6.44. The standard InChI is InChI=1S/C24H20ClN3O5S/c1-3-33-23(32)19-13(2)27-24-28(20(19)14-4-8-16(25)9-5-14)21(29)18(34-24)12-26-17-10-6-15(7-11-17)22(30)31/h4-12,20,26H,3H2,1-2H3,(H,30,31)/b18-12+. The molecule has 0 saturated heterocycles. The molecule has 2 N–H and O–H groups in total. The smallest absolute Gasteiger partial charge is 0.338 e. The van der Waals surface area contributed by atoms with Crippen LogP contribution in [-0.2, 0) is 9.53 Å². The lowest BCUT2D eigenvalue weighted by atomic mass is 9.96. The summed E-state index contributed by atoms with van der Waals surface area (Å²) in [6.45, 7) is 3.63. The highest BCUT2D eigenvalue weighted by atomic mass is 35.5. The molecule has 1 aromatic heterocycles. The van der Waals surface area contributed by atoms with Crippen molar-refractivity contribution in [1.29, 1.82) is 0 Å². The summed E-state index contributed by atoms with van der Waals surface area (Å²) < 4.78 is 7.12. The van der Waals surface area contributed by atoms with Gasteiger partial charge in [0.25, 0.3) is 5.56 Å². The van der Waals surface area contributed by atoms with Crippen LogP contribution < -0.4 is 20.2 Å². The predicted molar refractivity (Wildman–Crippen MR) is 130 cm³/mol. The van der Waals surface area contributed by atoms with Crippen molar-refractivity contribution >= 4 is 46.8 Å². The fourth-order valence-electron chi connectivity index (χ4n) is 3.61. The molecule has 0 amide bonds. The molecule has 2 aromatic carbocycles. The summed E-state index contributed by atoms with van der Waals surface area (Å²) in [6.07, 6.45) is 1.54. The molecule has 0 aliphatic carbocycles. The van der Waals surface area contributed by atoms with Gasteiger partial charge < -0.3 is 15.2 Å². The third kappa shape index (κ3) is 4.52. The first-order valence-electron chi connectivity index (χ1n) is 10.3. The van der Waals surface area contributed by atoms with Crippen LogP contribution in [0.5, 0.6) is 0 Å². The van der Waals surface area contributed by atoms with E-state index in [0.717, 1.165) is 0 Å². The minimum Gasteiger partial charge on any atom is -0.478 e. The molecule has 0 bridgehead atoms. The molecule has 0 spiro atoms. The number of fused-ring (bicyclic) bond motifs is 1. The van der Waals surface area contributed by atoms with E-state index in [2.05, 4.69) is 10.3 Å². The Hall–Kier alpha value is -3.69. The van der Waals surface area contributed by atoms with Gasteiger partial charge in [-0.05, 0) is 55.8 Å². The van der Waals surface area contributed by atoms with Crippen molar-refractivity contribution in [1.82, 2.24) is 4.57 Å². The molecular weight excluding hydrogens is 478 g/mol. The van der Waals surface area contributed by atoms with Crippen molar-refractivity contribution in [3.63, 3.8) is 0 Å². The van der Waals surface area contributed by atoms with Crippen LogP contribution in [0.15, 0.2) is 69.6 Å². The SMILES string of the molecule is CCOC(=O)C1=C(C)N=c2s/c(=C/Nc3ccc(C(=O)O)cc3)c(=O)n2C1c1ccc(Cl)cc1. The second-order valence-corrected chi connectivity index (χ2v) is 8.83. The normalized spacial score (nSPS) is 15.5. The number of thiazole rings is 1. The topological polar surface area (TPSA) is 110 Å². The second kappa shape index (κ2) is 9.66. The summed E-state index contributed by atoms with van der Waals surface area (Å²) in [5.41, 5.74) is 1.92. The monoisotopic (exact) mass is 497 g/mol. The maximum absolute atomic E-state index is 13.4. The summed E-state index contributed by atoms with van der Waals surface area (Å²) in [5.74, 6) is -1.55. The predicted octanol–water partition coefficient (Wildman–Crippen LogP) is 3.17. The number of benzene rings is 2. The highest BCUT2D eigenvalue weighted by Crippen LogP contribution is 2.31. The summed E-state index contributed by atoms with van der Waals surface area (Å²) >= 11 is 7.24. The van der Waals surface area contributed by atoms with Gasteiger partial charge >= 0.3 is 11.9 Å². The average Bonchev–Trinajstić information content (AvgIpc) is 3.12. The van der Waals surface area contributed by atoms with Crippen LogP contribution in [0.25, 0.3) is 6.20 Å². The molecular formula is C24H20ClN3O5S. The number of allylic oxidation sites excluding steroid dienone is 1. The largest absolute Gasteiger partial charge is 0.478 e. The van der Waals surface area contributed by atoms with Gasteiger partial charge in [0, 0.05) is 16.9 Å². The van der Waals surface area contributed by atoms with E-state index in [1.165, 1.54) is 28.0 Å². The number of hydrogen-bond donors (Lipinski definition) is 2. The highest BCUT2D eigenvalue weighted by molar-refractivity contribution is 7.07. The molecule has 0 saturated carbocycles.